The van der Waals surface area contributed by atoms with Crippen molar-refractivity contribution in [3.05, 3.63) is 75.7 Å². The number of hydrogen-bond donors (Lipinski definition) is 2. The average Bonchev–Trinajstić information content (AvgIpc) is 3.54. The number of aromatic nitrogens is 1. The molecule has 5 atom stereocenters. The molecule has 1 saturated carbocycles. The van der Waals surface area contributed by atoms with Gasteiger partial charge in [-0.1, -0.05) is 36.4 Å². The smallest absolute Gasteiger partial charge is 0.258 e. The monoisotopic (exact) mass is 487 g/mol. The van der Waals surface area contributed by atoms with Gasteiger partial charge in [0.1, 0.15) is 0 Å². The number of aliphatic hydroxyl groups is 1. The number of nitrogens with one attached hydrogen (secondary N) is 1. The van der Waals surface area contributed by atoms with E-state index < -0.39 is 17.9 Å². The SMILES string of the molecule is C[C@H](NC(=O)[C@@H]1[C@@H](CO)[C@@H]2Cn3c(ccc(C4=CCCC4)c3=O)[C@H]1N2C(=O)C1CC1)c1ccccc1. The van der Waals surface area contributed by atoms with E-state index in [2.05, 4.69) is 11.4 Å². The van der Waals surface area contributed by atoms with Crippen LogP contribution in [0, 0.1) is 17.8 Å². The molecule has 2 aliphatic heterocycles. The Labute approximate surface area is 210 Å². The normalized spacial score (nSPS) is 27.4. The summed E-state index contributed by atoms with van der Waals surface area (Å²) in [4.78, 5) is 42.8. The van der Waals surface area contributed by atoms with Crippen LogP contribution in [0.2, 0.25) is 0 Å². The van der Waals surface area contributed by atoms with Gasteiger partial charge in [0.2, 0.25) is 11.8 Å². The topological polar surface area (TPSA) is 91.6 Å². The van der Waals surface area contributed by atoms with Crippen LogP contribution in [0.1, 0.15) is 67.9 Å². The lowest BCUT2D eigenvalue weighted by Gasteiger charge is -2.38. The predicted octanol–water partition coefficient (Wildman–Crippen LogP) is 3.19. The van der Waals surface area contributed by atoms with Crippen LogP contribution < -0.4 is 10.9 Å². The van der Waals surface area contributed by atoms with E-state index in [0.717, 1.165) is 48.8 Å². The number of allylic oxidation sites excluding steroid dienone is 2. The van der Waals surface area contributed by atoms with Gasteiger partial charge < -0.3 is 19.9 Å². The molecular weight excluding hydrogens is 454 g/mol. The van der Waals surface area contributed by atoms with Crippen molar-refractivity contribution in [2.75, 3.05) is 6.61 Å². The average molecular weight is 488 g/mol. The van der Waals surface area contributed by atoms with Gasteiger partial charge in [-0.3, -0.25) is 14.4 Å². The highest BCUT2D eigenvalue weighted by atomic mass is 16.3. The van der Waals surface area contributed by atoms with Crippen molar-refractivity contribution in [2.24, 2.45) is 17.8 Å². The molecule has 2 aromatic rings. The van der Waals surface area contributed by atoms with Crippen molar-refractivity contribution in [1.82, 2.24) is 14.8 Å². The maximum atomic E-state index is 13.8. The minimum Gasteiger partial charge on any atom is -0.396 e. The molecule has 36 heavy (non-hydrogen) atoms. The molecule has 7 nitrogen and oxygen atoms in total. The molecule has 4 aliphatic rings. The Balaban J connectivity index is 1.40. The van der Waals surface area contributed by atoms with Crippen molar-refractivity contribution in [3.63, 3.8) is 0 Å². The van der Waals surface area contributed by atoms with Crippen molar-refractivity contribution >= 4 is 17.4 Å². The van der Waals surface area contributed by atoms with E-state index in [0.29, 0.717) is 12.2 Å². The molecule has 1 aromatic heterocycles. The lowest BCUT2D eigenvalue weighted by Crippen LogP contribution is -2.50. The number of nitrogens with zero attached hydrogens (tertiary/aromatic N) is 2. The second kappa shape index (κ2) is 9.04. The van der Waals surface area contributed by atoms with Gasteiger partial charge in [0.25, 0.3) is 5.56 Å². The lowest BCUT2D eigenvalue weighted by molar-refractivity contribution is -0.138. The van der Waals surface area contributed by atoms with E-state index in [1.165, 1.54) is 0 Å². The van der Waals surface area contributed by atoms with Crippen LogP contribution in [-0.2, 0) is 16.1 Å². The standard InChI is InChI=1S/C29H33N3O4/c1-17(18-7-3-2-4-8-18)30-27(34)25-22(16-33)24-15-31-23(26(25)32(24)28(35)20-11-12-20)14-13-21(29(31)36)19-9-5-6-10-19/h2-4,7-9,13-14,17,20,22,24-26,33H,5-6,10-12,15-16H2,1H3,(H,30,34)/t17-,22-,24-,25+,26+/m0/s1. The summed E-state index contributed by atoms with van der Waals surface area (Å²) in [6.07, 6.45) is 6.80. The number of benzene rings is 1. The van der Waals surface area contributed by atoms with E-state index in [4.69, 9.17) is 0 Å². The van der Waals surface area contributed by atoms with Crippen LogP contribution in [0.5, 0.6) is 0 Å². The van der Waals surface area contributed by atoms with Gasteiger partial charge in [0.05, 0.1) is 24.0 Å². The Morgan fingerprint density at radius 2 is 1.92 bits per heavy atom. The Morgan fingerprint density at radius 3 is 2.58 bits per heavy atom. The molecule has 2 bridgehead atoms. The van der Waals surface area contributed by atoms with Crippen LogP contribution in [0.25, 0.3) is 5.57 Å². The fourth-order valence-corrected chi connectivity index (χ4v) is 6.54. The number of carbonyl (C=O) groups excluding carboxylic acids is 2. The number of fused-ring (bicyclic) bond motifs is 4. The first kappa shape index (κ1) is 23.2. The quantitative estimate of drug-likeness (QED) is 0.655. The highest BCUT2D eigenvalue weighted by Gasteiger charge is 2.58. The van der Waals surface area contributed by atoms with E-state index in [1.54, 1.807) is 4.57 Å². The molecule has 1 aromatic carbocycles. The van der Waals surface area contributed by atoms with Crippen LogP contribution >= 0.6 is 0 Å². The van der Waals surface area contributed by atoms with Crippen LogP contribution in [0.15, 0.2) is 53.3 Å². The lowest BCUT2D eigenvalue weighted by atomic mass is 9.86. The number of carbonyl (C=O) groups is 2. The first-order valence-corrected chi connectivity index (χ1v) is 13.2. The zero-order chi connectivity index (χ0) is 25.0. The first-order valence-electron chi connectivity index (χ1n) is 13.2. The largest absolute Gasteiger partial charge is 0.396 e. The summed E-state index contributed by atoms with van der Waals surface area (Å²) in [5.41, 5.74) is 3.45. The third-order valence-electron chi connectivity index (χ3n) is 8.57. The minimum atomic E-state index is -0.626. The second-order valence-electron chi connectivity index (χ2n) is 10.8. The second-order valence-corrected chi connectivity index (χ2v) is 10.8. The van der Waals surface area contributed by atoms with E-state index in [-0.39, 0.29) is 42.0 Å². The highest BCUT2D eigenvalue weighted by molar-refractivity contribution is 5.86. The van der Waals surface area contributed by atoms with Crippen molar-refractivity contribution in [3.8, 4) is 0 Å². The molecular formula is C29H33N3O4. The molecule has 2 aliphatic carbocycles. The summed E-state index contributed by atoms with van der Waals surface area (Å²) < 4.78 is 1.77. The Bertz CT molecular complexity index is 1280. The molecule has 1 saturated heterocycles. The minimum absolute atomic E-state index is 0.0133. The summed E-state index contributed by atoms with van der Waals surface area (Å²) in [7, 11) is 0. The summed E-state index contributed by atoms with van der Waals surface area (Å²) in [5.74, 6) is -1.21. The van der Waals surface area contributed by atoms with E-state index in [1.807, 2.05) is 54.3 Å². The van der Waals surface area contributed by atoms with Crippen LogP contribution in [-0.4, -0.2) is 39.0 Å². The predicted molar refractivity (Wildman–Crippen MR) is 136 cm³/mol. The molecule has 0 spiro atoms. The van der Waals surface area contributed by atoms with Crippen molar-refractivity contribution < 1.29 is 14.7 Å². The number of hydrogen-bond acceptors (Lipinski definition) is 4. The first-order chi connectivity index (χ1) is 17.5. The summed E-state index contributed by atoms with van der Waals surface area (Å²) >= 11 is 0. The Morgan fingerprint density at radius 1 is 1.14 bits per heavy atom. The Hall–Kier alpha value is -3.19. The zero-order valence-corrected chi connectivity index (χ0v) is 20.6. The van der Waals surface area contributed by atoms with Gasteiger partial charge in [-0.15, -0.1) is 0 Å². The third kappa shape index (κ3) is 3.72. The molecule has 2 fully saturated rings. The highest BCUT2D eigenvalue weighted by Crippen LogP contribution is 2.50. The molecule has 0 radical (unpaired) electrons. The number of amides is 2. The van der Waals surface area contributed by atoms with Crippen molar-refractivity contribution in [2.45, 2.75) is 63.7 Å². The molecule has 7 heteroatoms. The zero-order valence-electron chi connectivity index (χ0n) is 20.6. The molecule has 3 heterocycles. The summed E-state index contributed by atoms with van der Waals surface area (Å²) in [6, 6.07) is 12.4. The maximum absolute atomic E-state index is 13.8. The van der Waals surface area contributed by atoms with E-state index in [9.17, 15) is 19.5 Å². The van der Waals surface area contributed by atoms with Gasteiger partial charge >= 0.3 is 0 Å². The van der Waals surface area contributed by atoms with Crippen LogP contribution in [0.4, 0.5) is 0 Å². The molecule has 2 amide bonds. The third-order valence-corrected chi connectivity index (χ3v) is 8.57. The summed E-state index contributed by atoms with van der Waals surface area (Å²) in [5, 5.41) is 13.6. The molecule has 188 valence electrons. The van der Waals surface area contributed by atoms with Gasteiger partial charge in [-0.2, -0.15) is 0 Å². The molecule has 6 rings (SSSR count). The van der Waals surface area contributed by atoms with Crippen LogP contribution in [0.3, 0.4) is 0 Å². The Kier molecular flexibility index (Phi) is 5.83. The molecule has 2 N–H and O–H groups in total. The van der Waals surface area contributed by atoms with Gasteiger partial charge in [0.15, 0.2) is 0 Å². The number of pyridine rings is 1. The van der Waals surface area contributed by atoms with Crippen molar-refractivity contribution in [1.29, 1.82) is 0 Å². The molecule has 0 unspecified atom stereocenters. The van der Waals surface area contributed by atoms with Gasteiger partial charge in [-0.05, 0) is 62.3 Å². The van der Waals surface area contributed by atoms with E-state index >= 15 is 0 Å². The fraction of sp³-hybridized carbons (Fsp3) is 0.483. The number of rotatable bonds is 6. The van der Waals surface area contributed by atoms with Gasteiger partial charge in [-0.25, -0.2) is 0 Å². The van der Waals surface area contributed by atoms with Gasteiger partial charge in [0, 0.05) is 36.2 Å². The summed E-state index contributed by atoms with van der Waals surface area (Å²) in [6.45, 7) is 2.04. The fourth-order valence-electron chi connectivity index (χ4n) is 6.54. The number of aliphatic hydroxyl groups excluding tert-OH is 1. The maximum Gasteiger partial charge on any atom is 0.258 e.